The lowest BCUT2D eigenvalue weighted by atomic mass is 10.2. The normalized spacial score (nSPS) is 14.4. The molecule has 0 atom stereocenters. The van der Waals surface area contributed by atoms with Gasteiger partial charge in [-0.3, -0.25) is 9.69 Å². The summed E-state index contributed by atoms with van der Waals surface area (Å²) in [5.41, 5.74) is 2.07. The van der Waals surface area contributed by atoms with Gasteiger partial charge in [-0.25, -0.2) is 9.97 Å². The molecule has 1 N–H and O–H groups in total. The monoisotopic (exact) mass is 550 g/mol. The number of methoxy groups -OCH3 is 1. The molecule has 208 valence electrons. The molecule has 39 heavy (non-hydrogen) atoms. The smallest absolute Gasteiger partial charge is 0.287 e. The number of thioether (sulfide) groups is 1. The van der Waals surface area contributed by atoms with Crippen molar-refractivity contribution >= 4 is 29.6 Å². The topological polar surface area (TPSA) is 87.0 Å². The lowest BCUT2D eigenvalue weighted by Crippen LogP contribution is -2.46. The maximum absolute atomic E-state index is 12.3. The lowest BCUT2D eigenvalue weighted by molar-refractivity contribution is 0.0922. The molecule has 1 fully saturated rings. The van der Waals surface area contributed by atoms with Crippen molar-refractivity contribution in [2.75, 3.05) is 71.9 Å². The number of nitrogens with one attached hydrogen (secondary N) is 1. The van der Waals surface area contributed by atoms with E-state index in [1.807, 2.05) is 37.2 Å². The molecule has 1 aliphatic heterocycles. The van der Waals surface area contributed by atoms with Gasteiger partial charge in [-0.05, 0) is 31.8 Å². The summed E-state index contributed by atoms with van der Waals surface area (Å²) in [4.78, 5) is 28.6. The standard InChI is InChI=1S/C29H38N6O3S/c1-33(2)15-13-30-28(36)26-12-11-25(38-26)22-39-29-31-24(21-37-3)20-27(32-29)35-18-16-34(17-19-35)14-7-10-23-8-5-4-6-9-23/h4-12,20H,13-19,21-22H2,1-3H3,(H,30,36)/b10-7+. The number of anilines is 1. The Morgan fingerprint density at radius 3 is 2.67 bits per heavy atom. The van der Waals surface area contributed by atoms with Crippen molar-refractivity contribution in [1.82, 2.24) is 25.1 Å². The molecular weight excluding hydrogens is 512 g/mol. The molecule has 3 aromatic rings. The number of piperazine rings is 1. The summed E-state index contributed by atoms with van der Waals surface area (Å²) in [5, 5.41) is 3.54. The average molecular weight is 551 g/mol. The number of aromatic nitrogens is 2. The third-order valence-corrected chi connectivity index (χ3v) is 7.15. The van der Waals surface area contributed by atoms with Crippen LogP contribution in [0.5, 0.6) is 0 Å². The van der Waals surface area contributed by atoms with Gasteiger partial charge < -0.3 is 24.3 Å². The van der Waals surface area contributed by atoms with Crippen LogP contribution in [0.4, 0.5) is 5.82 Å². The van der Waals surface area contributed by atoms with Crippen molar-refractivity contribution in [3.8, 4) is 0 Å². The summed E-state index contributed by atoms with van der Waals surface area (Å²) in [6, 6.07) is 15.9. The van der Waals surface area contributed by atoms with Gasteiger partial charge >= 0.3 is 0 Å². The number of hydrogen-bond donors (Lipinski definition) is 1. The maximum Gasteiger partial charge on any atom is 0.287 e. The second-order valence-electron chi connectivity index (χ2n) is 9.65. The second-order valence-corrected chi connectivity index (χ2v) is 10.6. The third-order valence-electron chi connectivity index (χ3n) is 6.28. The molecule has 0 aliphatic carbocycles. The van der Waals surface area contributed by atoms with Gasteiger partial charge in [0.25, 0.3) is 5.91 Å². The van der Waals surface area contributed by atoms with Crippen LogP contribution in [0.25, 0.3) is 6.08 Å². The molecule has 1 aromatic carbocycles. The Morgan fingerprint density at radius 2 is 1.92 bits per heavy atom. The second kappa shape index (κ2) is 14.8. The van der Waals surface area contributed by atoms with Crippen molar-refractivity contribution in [1.29, 1.82) is 0 Å². The summed E-state index contributed by atoms with van der Waals surface area (Å²) in [7, 11) is 5.61. The zero-order valence-electron chi connectivity index (χ0n) is 23.0. The van der Waals surface area contributed by atoms with Crippen LogP contribution in [0.3, 0.4) is 0 Å². The van der Waals surface area contributed by atoms with Crippen LogP contribution < -0.4 is 10.2 Å². The first kappa shape index (κ1) is 28.8. The minimum atomic E-state index is -0.205. The molecule has 1 amide bonds. The number of carbonyl (C=O) groups is 1. The van der Waals surface area contributed by atoms with Crippen LogP contribution in [0.1, 0.15) is 27.6 Å². The van der Waals surface area contributed by atoms with Crippen LogP contribution >= 0.6 is 11.8 Å². The molecule has 0 bridgehead atoms. The minimum Gasteiger partial charge on any atom is -0.455 e. The van der Waals surface area contributed by atoms with E-state index in [-0.39, 0.29) is 5.91 Å². The number of nitrogens with zero attached hydrogens (tertiary/aromatic N) is 5. The number of furan rings is 1. The largest absolute Gasteiger partial charge is 0.455 e. The van der Waals surface area contributed by atoms with E-state index < -0.39 is 0 Å². The fourth-order valence-corrected chi connectivity index (χ4v) is 4.93. The highest BCUT2D eigenvalue weighted by molar-refractivity contribution is 7.98. The summed E-state index contributed by atoms with van der Waals surface area (Å²) in [6.45, 7) is 6.43. The van der Waals surface area contributed by atoms with Crippen molar-refractivity contribution in [2.45, 2.75) is 17.5 Å². The van der Waals surface area contributed by atoms with Gasteiger partial charge in [0.15, 0.2) is 10.9 Å². The fourth-order valence-electron chi connectivity index (χ4n) is 4.16. The molecule has 3 heterocycles. The first-order valence-corrected chi connectivity index (χ1v) is 14.2. The van der Waals surface area contributed by atoms with Gasteiger partial charge in [0.2, 0.25) is 0 Å². The van der Waals surface area contributed by atoms with Crippen LogP contribution in [0.15, 0.2) is 64.2 Å². The number of ether oxygens (including phenoxy) is 1. The van der Waals surface area contributed by atoms with Crippen molar-refractivity contribution in [2.24, 2.45) is 0 Å². The van der Waals surface area contributed by atoms with E-state index in [9.17, 15) is 4.79 Å². The Kier molecular flexibility index (Phi) is 11.0. The highest BCUT2D eigenvalue weighted by atomic mass is 32.2. The van der Waals surface area contributed by atoms with E-state index in [2.05, 4.69) is 56.5 Å². The van der Waals surface area contributed by atoms with Gasteiger partial charge in [0, 0.05) is 59.0 Å². The van der Waals surface area contributed by atoms with Gasteiger partial charge in [0.1, 0.15) is 11.6 Å². The Morgan fingerprint density at radius 1 is 1.13 bits per heavy atom. The molecule has 0 saturated carbocycles. The van der Waals surface area contributed by atoms with E-state index in [4.69, 9.17) is 14.1 Å². The summed E-state index contributed by atoms with van der Waals surface area (Å²) in [6.07, 6.45) is 4.41. The van der Waals surface area contributed by atoms with Crippen LogP contribution in [0.2, 0.25) is 0 Å². The first-order valence-electron chi connectivity index (χ1n) is 13.2. The number of hydrogen-bond acceptors (Lipinski definition) is 9. The highest BCUT2D eigenvalue weighted by Crippen LogP contribution is 2.25. The zero-order chi connectivity index (χ0) is 27.5. The summed E-state index contributed by atoms with van der Waals surface area (Å²) < 4.78 is 11.1. The highest BCUT2D eigenvalue weighted by Gasteiger charge is 2.19. The Labute approximate surface area is 235 Å². The molecule has 0 unspecified atom stereocenters. The van der Waals surface area contributed by atoms with Crippen molar-refractivity contribution in [3.63, 3.8) is 0 Å². The predicted octanol–water partition coefficient (Wildman–Crippen LogP) is 3.64. The number of amides is 1. The van der Waals surface area contributed by atoms with Gasteiger partial charge in [0.05, 0.1) is 18.1 Å². The molecular formula is C29H38N6O3S. The first-order chi connectivity index (χ1) is 19.0. The van der Waals surface area contributed by atoms with E-state index in [1.54, 1.807) is 13.2 Å². The Hall–Kier alpha value is -3.18. The van der Waals surface area contributed by atoms with Crippen LogP contribution in [-0.4, -0.2) is 92.7 Å². The molecule has 1 aliphatic rings. The van der Waals surface area contributed by atoms with Crippen LogP contribution in [-0.2, 0) is 17.1 Å². The molecule has 4 rings (SSSR count). The summed E-state index contributed by atoms with van der Waals surface area (Å²) >= 11 is 1.49. The number of benzene rings is 1. The van der Waals surface area contributed by atoms with Gasteiger partial charge in [-0.1, -0.05) is 54.2 Å². The molecule has 1 saturated heterocycles. The Balaban J connectivity index is 1.31. The minimum absolute atomic E-state index is 0.205. The number of carbonyl (C=O) groups excluding carboxylic acids is 1. The van der Waals surface area contributed by atoms with Crippen molar-refractivity contribution in [3.05, 3.63) is 77.4 Å². The van der Waals surface area contributed by atoms with Gasteiger partial charge in [-0.15, -0.1) is 0 Å². The van der Waals surface area contributed by atoms with E-state index in [0.29, 0.717) is 35.6 Å². The van der Waals surface area contributed by atoms with Gasteiger partial charge in [-0.2, -0.15) is 0 Å². The lowest BCUT2D eigenvalue weighted by Gasteiger charge is -2.35. The Bertz CT molecular complexity index is 1210. The quantitative estimate of drug-likeness (QED) is 0.253. The molecule has 2 aromatic heterocycles. The summed E-state index contributed by atoms with van der Waals surface area (Å²) in [5.74, 6) is 2.26. The van der Waals surface area contributed by atoms with E-state index >= 15 is 0 Å². The fraction of sp³-hybridized carbons (Fsp3) is 0.414. The van der Waals surface area contributed by atoms with E-state index in [1.165, 1.54) is 17.3 Å². The number of likely N-dealkylation sites (N-methyl/N-ethyl adjacent to an activating group) is 1. The van der Waals surface area contributed by atoms with Crippen molar-refractivity contribution < 1.29 is 13.9 Å². The maximum atomic E-state index is 12.3. The SMILES string of the molecule is COCc1cc(N2CCN(C/C=C/c3ccccc3)CC2)nc(SCc2ccc(C(=O)NCCN(C)C)o2)n1. The molecule has 10 heteroatoms. The third kappa shape index (κ3) is 9.21. The number of rotatable bonds is 13. The molecule has 0 spiro atoms. The molecule has 9 nitrogen and oxygen atoms in total. The van der Waals surface area contributed by atoms with Crippen LogP contribution in [0, 0.1) is 0 Å². The van der Waals surface area contributed by atoms with E-state index in [0.717, 1.165) is 50.8 Å². The zero-order valence-corrected chi connectivity index (χ0v) is 23.8. The molecule has 0 radical (unpaired) electrons. The predicted molar refractivity (Wildman–Crippen MR) is 156 cm³/mol. The average Bonchev–Trinajstić information content (AvgIpc) is 3.42.